The van der Waals surface area contributed by atoms with Crippen molar-refractivity contribution in [3.05, 3.63) is 24.0 Å². The topological polar surface area (TPSA) is 73.7 Å². The minimum absolute atomic E-state index is 0.291. The van der Waals surface area contributed by atoms with Crippen LogP contribution in [-0.2, 0) is 4.79 Å². The van der Waals surface area contributed by atoms with Crippen LogP contribution >= 0.6 is 0 Å². The number of carboxylic acids is 1. The van der Waals surface area contributed by atoms with Crippen molar-refractivity contribution in [2.45, 2.75) is 18.9 Å². The summed E-state index contributed by atoms with van der Waals surface area (Å²) in [6.45, 7) is 0.476. The lowest BCUT2D eigenvalue weighted by molar-refractivity contribution is -0.141. The molecule has 19 heavy (non-hydrogen) atoms. The lowest BCUT2D eigenvalue weighted by atomic mass is 10.2. The van der Waals surface area contributed by atoms with E-state index >= 15 is 0 Å². The van der Waals surface area contributed by atoms with E-state index in [1.807, 2.05) is 19.0 Å². The second kappa shape index (κ2) is 5.26. The van der Waals surface area contributed by atoms with Crippen molar-refractivity contribution in [1.29, 1.82) is 0 Å². The molecule has 1 aliphatic rings. The van der Waals surface area contributed by atoms with Crippen LogP contribution in [0.1, 0.15) is 23.3 Å². The average Bonchev–Trinajstić information content (AvgIpc) is 2.87. The van der Waals surface area contributed by atoms with E-state index in [-0.39, 0.29) is 5.91 Å². The molecule has 1 aromatic rings. The predicted octanol–water partition coefficient (Wildman–Crippen LogP) is 0.837. The highest BCUT2D eigenvalue weighted by atomic mass is 16.4. The molecule has 0 aliphatic carbocycles. The molecule has 0 aromatic carbocycles. The fraction of sp³-hybridized carbons (Fsp3) is 0.462. The molecule has 0 radical (unpaired) electrons. The number of hydrogen-bond acceptors (Lipinski definition) is 4. The normalized spacial score (nSPS) is 18.4. The molecule has 1 fully saturated rings. The van der Waals surface area contributed by atoms with Crippen LogP contribution in [0.15, 0.2) is 18.3 Å². The van der Waals surface area contributed by atoms with Gasteiger partial charge in [0.15, 0.2) is 0 Å². The molecule has 0 spiro atoms. The fourth-order valence-electron chi connectivity index (χ4n) is 2.23. The number of likely N-dealkylation sites (tertiary alicyclic amines) is 1. The van der Waals surface area contributed by atoms with Crippen LogP contribution in [0.5, 0.6) is 0 Å². The zero-order chi connectivity index (χ0) is 14.0. The molecular weight excluding hydrogens is 246 g/mol. The highest BCUT2D eigenvalue weighted by Crippen LogP contribution is 2.21. The third-order valence-electron chi connectivity index (χ3n) is 3.28. The molecule has 2 heterocycles. The fourth-order valence-corrected chi connectivity index (χ4v) is 2.23. The molecule has 102 valence electrons. The van der Waals surface area contributed by atoms with E-state index in [2.05, 4.69) is 4.98 Å². The van der Waals surface area contributed by atoms with Gasteiger partial charge in [0, 0.05) is 32.5 Å². The highest BCUT2D eigenvalue weighted by molar-refractivity contribution is 5.96. The van der Waals surface area contributed by atoms with Crippen LogP contribution in [0.3, 0.4) is 0 Å². The summed E-state index contributed by atoms with van der Waals surface area (Å²) >= 11 is 0. The summed E-state index contributed by atoms with van der Waals surface area (Å²) in [6.07, 6.45) is 2.79. The van der Waals surface area contributed by atoms with Gasteiger partial charge in [0.05, 0.1) is 0 Å². The Balaban J connectivity index is 2.24. The number of anilines is 1. The van der Waals surface area contributed by atoms with Gasteiger partial charge in [-0.2, -0.15) is 0 Å². The average molecular weight is 263 g/mol. The zero-order valence-corrected chi connectivity index (χ0v) is 11.0. The minimum Gasteiger partial charge on any atom is -0.480 e. The summed E-state index contributed by atoms with van der Waals surface area (Å²) < 4.78 is 0. The summed E-state index contributed by atoms with van der Waals surface area (Å²) in [5.41, 5.74) is 1.16. The molecule has 1 saturated heterocycles. The molecule has 2 rings (SSSR count). The Bertz CT molecular complexity index is 502. The van der Waals surface area contributed by atoms with Crippen molar-refractivity contribution < 1.29 is 14.7 Å². The smallest absolute Gasteiger partial charge is 0.326 e. The summed E-state index contributed by atoms with van der Waals surface area (Å²) in [5.74, 6) is -1.26. The van der Waals surface area contributed by atoms with Crippen molar-refractivity contribution in [2.75, 3.05) is 25.5 Å². The van der Waals surface area contributed by atoms with Crippen molar-refractivity contribution >= 4 is 17.6 Å². The Morgan fingerprint density at radius 1 is 1.47 bits per heavy atom. The molecular formula is C13H17N3O3. The van der Waals surface area contributed by atoms with Gasteiger partial charge in [-0.3, -0.25) is 9.78 Å². The van der Waals surface area contributed by atoms with Crippen molar-refractivity contribution in [2.24, 2.45) is 0 Å². The Morgan fingerprint density at radius 2 is 2.21 bits per heavy atom. The number of aromatic nitrogens is 1. The third-order valence-corrected chi connectivity index (χ3v) is 3.28. The van der Waals surface area contributed by atoms with E-state index in [1.54, 1.807) is 18.3 Å². The number of pyridine rings is 1. The summed E-state index contributed by atoms with van der Waals surface area (Å²) in [5, 5.41) is 9.10. The number of carbonyl (C=O) groups is 2. The molecule has 1 atom stereocenters. The largest absolute Gasteiger partial charge is 0.480 e. The Labute approximate surface area is 111 Å². The van der Waals surface area contributed by atoms with Crippen LogP contribution in [0, 0.1) is 0 Å². The van der Waals surface area contributed by atoms with Gasteiger partial charge in [-0.25, -0.2) is 4.79 Å². The first kappa shape index (κ1) is 13.3. The first-order chi connectivity index (χ1) is 9.00. The quantitative estimate of drug-likeness (QED) is 0.874. The zero-order valence-electron chi connectivity index (χ0n) is 11.0. The number of nitrogens with zero attached hydrogens (tertiary/aromatic N) is 3. The lowest BCUT2D eigenvalue weighted by Crippen LogP contribution is -2.40. The van der Waals surface area contributed by atoms with Crippen molar-refractivity contribution in [1.82, 2.24) is 9.88 Å². The molecule has 1 aliphatic heterocycles. The molecule has 1 N–H and O–H groups in total. The van der Waals surface area contributed by atoms with Gasteiger partial charge < -0.3 is 14.9 Å². The van der Waals surface area contributed by atoms with Crippen LogP contribution < -0.4 is 4.90 Å². The van der Waals surface area contributed by atoms with E-state index in [0.717, 1.165) is 12.1 Å². The summed E-state index contributed by atoms with van der Waals surface area (Å²) in [6, 6.07) is 2.76. The second-order valence-electron chi connectivity index (χ2n) is 4.79. The van der Waals surface area contributed by atoms with Gasteiger partial charge in [-0.15, -0.1) is 0 Å². The Hall–Kier alpha value is -2.11. The van der Waals surface area contributed by atoms with Gasteiger partial charge in [0.25, 0.3) is 5.91 Å². The molecule has 6 nitrogen and oxygen atoms in total. The van der Waals surface area contributed by atoms with Crippen molar-refractivity contribution in [3.8, 4) is 0 Å². The van der Waals surface area contributed by atoms with E-state index in [4.69, 9.17) is 5.11 Å². The van der Waals surface area contributed by atoms with Gasteiger partial charge in [-0.1, -0.05) is 0 Å². The molecule has 1 amide bonds. The SMILES string of the molecule is CN(C)c1ccnc(C(=O)N2CCC[C@H]2C(=O)O)c1. The van der Waals surface area contributed by atoms with Crippen molar-refractivity contribution in [3.63, 3.8) is 0 Å². The van der Waals surface area contributed by atoms with E-state index < -0.39 is 12.0 Å². The maximum Gasteiger partial charge on any atom is 0.326 e. The highest BCUT2D eigenvalue weighted by Gasteiger charge is 2.34. The maximum absolute atomic E-state index is 12.3. The number of rotatable bonds is 3. The molecule has 0 unspecified atom stereocenters. The van der Waals surface area contributed by atoms with Gasteiger partial charge >= 0.3 is 5.97 Å². The van der Waals surface area contributed by atoms with Crippen LogP contribution in [0.4, 0.5) is 5.69 Å². The van der Waals surface area contributed by atoms with E-state index in [0.29, 0.717) is 18.7 Å². The van der Waals surface area contributed by atoms with Crippen LogP contribution in [-0.4, -0.2) is 53.5 Å². The number of aliphatic carboxylic acids is 1. The summed E-state index contributed by atoms with van der Waals surface area (Å²) in [7, 11) is 3.75. The predicted molar refractivity (Wildman–Crippen MR) is 70.3 cm³/mol. The van der Waals surface area contributed by atoms with Gasteiger partial charge in [-0.05, 0) is 25.0 Å². The number of carboxylic acid groups (broad SMARTS) is 1. The lowest BCUT2D eigenvalue weighted by Gasteiger charge is -2.21. The van der Waals surface area contributed by atoms with Crippen LogP contribution in [0.25, 0.3) is 0 Å². The Morgan fingerprint density at radius 3 is 2.84 bits per heavy atom. The Kier molecular flexibility index (Phi) is 3.69. The first-order valence-corrected chi connectivity index (χ1v) is 6.18. The third kappa shape index (κ3) is 2.67. The maximum atomic E-state index is 12.3. The number of amides is 1. The molecule has 0 bridgehead atoms. The van der Waals surface area contributed by atoms with E-state index in [1.165, 1.54) is 4.90 Å². The standard InChI is InChI=1S/C13H17N3O3/c1-15(2)9-5-6-14-10(8-9)12(17)16-7-3-4-11(16)13(18)19/h5-6,8,11H,3-4,7H2,1-2H3,(H,18,19)/t11-/m0/s1. The second-order valence-corrected chi connectivity index (χ2v) is 4.79. The minimum atomic E-state index is -0.949. The summed E-state index contributed by atoms with van der Waals surface area (Å²) in [4.78, 5) is 30.7. The van der Waals surface area contributed by atoms with E-state index in [9.17, 15) is 9.59 Å². The monoisotopic (exact) mass is 263 g/mol. The number of carbonyl (C=O) groups excluding carboxylic acids is 1. The molecule has 0 saturated carbocycles. The molecule has 1 aromatic heterocycles. The number of hydrogen-bond donors (Lipinski definition) is 1. The van der Waals surface area contributed by atoms with Crippen LogP contribution in [0.2, 0.25) is 0 Å². The van der Waals surface area contributed by atoms with Gasteiger partial charge in [0.2, 0.25) is 0 Å². The van der Waals surface area contributed by atoms with Gasteiger partial charge in [0.1, 0.15) is 11.7 Å². The molecule has 6 heteroatoms. The first-order valence-electron chi connectivity index (χ1n) is 6.18.